The van der Waals surface area contributed by atoms with Gasteiger partial charge in [0.15, 0.2) is 0 Å². The fourth-order valence-corrected chi connectivity index (χ4v) is 4.45. The average molecular weight is 420 g/mol. The van der Waals surface area contributed by atoms with E-state index in [1.807, 2.05) is 42.5 Å². The molecule has 7 heteroatoms. The van der Waals surface area contributed by atoms with Crippen molar-refractivity contribution in [1.82, 2.24) is 4.90 Å². The lowest BCUT2D eigenvalue weighted by molar-refractivity contribution is -0.132. The van der Waals surface area contributed by atoms with E-state index in [0.717, 1.165) is 23.2 Å². The van der Waals surface area contributed by atoms with Crippen molar-refractivity contribution in [2.24, 2.45) is 5.73 Å². The number of hydrogen-bond acceptors (Lipinski definition) is 3. The summed E-state index contributed by atoms with van der Waals surface area (Å²) in [5, 5.41) is 3.55. The molecule has 1 fully saturated rings. The molecule has 2 amide bonds. The fraction of sp³-hybridized carbons (Fsp3) is 0.333. The van der Waals surface area contributed by atoms with Gasteiger partial charge >= 0.3 is 0 Å². The quantitative estimate of drug-likeness (QED) is 0.801. The topological polar surface area (TPSA) is 75.4 Å². The summed E-state index contributed by atoms with van der Waals surface area (Å²) in [6.07, 6.45) is 1.60. The van der Waals surface area contributed by atoms with Gasteiger partial charge in [-0.2, -0.15) is 0 Å². The predicted octanol–water partition coefficient (Wildman–Crippen LogP) is 3.14. The number of halogens is 2. The van der Waals surface area contributed by atoms with Gasteiger partial charge in [0.2, 0.25) is 11.8 Å². The first kappa shape index (κ1) is 20.6. The first-order chi connectivity index (χ1) is 13.0. The van der Waals surface area contributed by atoms with Crippen LogP contribution in [-0.4, -0.2) is 35.8 Å². The zero-order valence-corrected chi connectivity index (χ0v) is 16.9. The van der Waals surface area contributed by atoms with Gasteiger partial charge in [0.05, 0.1) is 6.04 Å². The van der Waals surface area contributed by atoms with Crippen molar-refractivity contribution in [3.05, 3.63) is 64.7 Å². The number of amides is 2. The second-order valence-electron chi connectivity index (χ2n) is 7.50. The van der Waals surface area contributed by atoms with Crippen LogP contribution in [0.15, 0.2) is 48.5 Å². The molecule has 3 N–H and O–H groups in total. The van der Waals surface area contributed by atoms with Gasteiger partial charge in [-0.3, -0.25) is 9.59 Å². The molecule has 0 radical (unpaired) electrons. The van der Waals surface area contributed by atoms with E-state index in [1.54, 1.807) is 11.0 Å². The van der Waals surface area contributed by atoms with Crippen LogP contribution in [0.2, 0.25) is 5.02 Å². The Morgan fingerprint density at radius 3 is 2.75 bits per heavy atom. The molecule has 0 aromatic heterocycles. The molecule has 28 heavy (non-hydrogen) atoms. The smallest absolute Gasteiger partial charge is 0.239 e. The Morgan fingerprint density at radius 1 is 1.25 bits per heavy atom. The Kier molecular flexibility index (Phi) is 5.98. The van der Waals surface area contributed by atoms with Crippen molar-refractivity contribution < 1.29 is 9.59 Å². The van der Waals surface area contributed by atoms with E-state index in [0.29, 0.717) is 31.0 Å². The minimum absolute atomic E-state index is 0. The van der Waals surface area contributed by atoms with Gasteiger partial charge < -0.3 is 16.0 Å². The molecule has 1 unspecified atom stereocenters. The molecule has 2 aliphatic heterocycles. The van der Waals surface area contributed by atoms with Crippen molar-refractivity contribution in [3.63, 3.8) is 0 Å². The number of nitrogens with two attached hydrogens (primary N) is 1. The molecule has 0 bridgehead atoms. The molecular weight excluding hydrogens is 397 g/mol. The molecule has 2 aromatic carbocycles. The normalized spacial score (nSPS) is 21.6. The monoisotopic (exact) mass is 419 g/mol. The molecule has 2 aromatic rings. The number of hydrogen-bond donors (Lipinski definition) is 2. The van der Waals surface area contributed by atoms with Crippen LogP contribution in [0.1, 0.15) is 24.0 Å². The highest BCUT2D eigenvalue weighted by Gasteiger charge is 2.47. The van der Waals surface area contributed by atoms with Gasteiger partial charge in [0, 0.05) is 35.6 Å². The van der Waals surface area contributed by atoms with Gasteiger partial charge in [0.1, 0.15) is 0 Å². The average Bonchev–Trinajstić information content (AvgIpc) is 3.07. The summed E-state index contributed by atoms with van der Waals surface area (Å²) < 4.78 is 0. The van der Waals surface area contributed by atoms with Gasteiger partial charge in [-0.05, 0) is 42.2 Å². The molecule has 148 valence electrons. The van der Waals surface area contributed by atoms with E-state index in [9.17, 15) is 9.59 Å². The van der Waals surface area contributed by atoms with E-state index in [1.165, 1.54) is 0 Å². The summed E-state index contributed by atoms with van der Waals surface area (Å²) in [4.78, 5) is 27.0. The summed E-state index contributed by atoms with van der Waals surface area (Å²) in [7, 11) is 0. The molecular formula is C21H23Cl2N3O2. The molecule has 2 heterocycles. The second-order valence-corrected chi connectivity index (χ2v) is 7.94. The maximum Gasteiger partial charge on any atom is 0.239 e. The zero-order chi connectivity index (χ0) is 19.0. The number of carbonyl (C=O) groups is 2. The number of nitrogens with zero attached hydrogens (tertiary/aromatic N) is 1. The molecule has 0 aliphatic carbocycles. The lowest BCUT2D eigenvalue weighted by Gasteiger charge is -2.35. The third-order valence-electron chi connectivity index (χ3n) is 5.61. The third kappa shape index (κ3) is 3.88. The van der Waals surface area contributed by atoms with Crippen LogP contribution in [0.4, 0.5) is 5.69 Å². The van der Waals surface area contributed by atoms with Crippen LogP contribution in [0, 0.1) is 0 Å². The van der Waals surface area contributed by atoms with Crippen LogP contribution in [0.3, 0.4) is 0 Å². The second kappa shape index (κ2) is 8.11. The highest BCUT2D eigenvalue weighted by Crippen LogP contribution is 2.45. The molecule has 2 aliphatic rings. The maximum absolute atomic E-state index is 12.9. The number of fused-ring (bicyclic) bond motifs is 2. The standard InChI is InChI=1S/C21H22ClN3O2.ClH/c22-15-6-7-18-16(11-15)21(12-19(26)24-18)8-9-25(13-21)20(27)17(23)10-14-4-2-1-3-5-14;/h1-7,11,17H,8-10,12-13,23H2,(H,24,26);1H/t17-,21?;/m0./s1. The molecule has 0 saturated carbocycles. The Labute approximate surface area is 175 Å². The lowest BCUT2D eigenvalue weighted by Crippen LogP contribution is -2.46. The Morgan fingerprint density at radius 2 is 2.00 bits per heavy atom. The van der Waals surface area contributed by atoms with Gasteiger partial charge in [0.25, 0.3) is 0 Å². The van der Waals surface area contributed by atoms with E-state index < -0.39 is 6.04 Å². The summed E-state index contributed by atoms with van der Waals surface area (Å²) in [5.41, 5.74) is 8.67. The highest BCUT2D eigenvalue weighted by atomic mass is 35.5. The van der Waals surface area contributed by atoms with Crippen molar-refractivity contribution in [2.45, 2.75) is 30.7 Å². The van der Waals surface area contributed by atoms with Crippen molar-refractivity contribution in [2.75, 3.05) is 18.4 Å². The van der Waals surface area contributed by atoms with Crippen LogP contribution >= 0.6 is 24.0 Å². The minimum Gasteiger partial charge on any atom is -0.340 e. The largest absolute Gasteiger partial charge is 0.340 e. The summed E-state index contributed by atoms with van der Waals surface area (Å²) >= 11 is 6.20. The number of likely N-dealkylation sites (tertiary alicyclic amines) is 1. The summed E-state index contributed by atoms with van der Waals surface area (Å²) in [5.74, 6) is -0.0852. The lowest BCUT2D eigenvalue weighted by atomic mass is 9.74. The van der Waals surface area contributed by atoms with Crippen molar-refractivity contribution >= 4 is 41.5 Å². The predicted molar refractivity (Wildman–Crippen MR) is 113 cm³/mol. The number of carbonyl (C=O) groups excluding carboxylic acids is 2. The molecule has 5 nitrogen and oxygen atoms in total. The SMILES string of the molecule is Cl.N[C@@H](Cc1ccccc1)C(=O)N1CCC2(CC(=O)Nc3ccc(Cl)cc32)C1. The van der Waals surface area contributed by atoms with Gasteiger partial charge in [-0.15, -0.1) is 12.4 Å². The number of benzene rings is 2. The van der Waals surface area contributed by atoms with Crippen LogP contribution in [-0.2, 0) is 21.4 Å². The highest BCUT2D eigenvalue weighted by molar-refractivity contribution is 6.30. The van der Waals surface area contributed by atoms with Crippen LogP contribution < -0.4 is 11.1 Å². The van der Waals surface area contributed by atoms with E-state index >= 15 is 0 Å². The van der Waals surface area contributed by atoms with Gasteiger partial charge in [-0.25, -0.2) is 0 Å². The molecule has 1 spiro atoms. The Hall–Kier alpha value is -2.08. The minimum atomic E-state index is -0.584. The molecule has 4 rings (SSSR count). The fourth-order valence-electron chi connectivity index (χ4n) is 4.28. The number of anilines is 1. The van der Waals surface area contributed by atoms with Crippen molar-refractivity contribution in [1.29, 1.82) is 0 Å². The zero-order valence-electron chi connectivity index (χ0n) is 15.4. The first-order valence-electron chi connectivity index (χ1n) is 9.15. The third-order valence-corrected chi connectivity index (χ3v) is 5.84. The van der Waals surface area contributed by atoms with Crippen LogP contribution in [0.5, 0.6) is 0 Å². The van der Waals surface area contributed by atoms with Gasteiger partial charge in [-0.1, -0.05) is 41.9 Å². The Balaban J connectivity index is 0.00000225. The van der Waals surface area contributed by atoms with E-state index in [2.05, 4.69) is 5.32 Å². The van der Waals surface area contributed by atoms with Crippen molar-refractivity contribution in [3.8, 4) is 0 Å². The Bertz CT molecular complexity index is 890. The number of nitrogens with one attached hydrogen (secondary N) is 1. The molecule has 1 saturated heterocycles. The first-order valence-corrected chi connectivity index (χ1v) is 9.53. The van der Waals surface area contributed by atoms with E-state index in [4.69, 9.17) is 17.3 Å². The summed E-state index contributed by atoms with van der Waals surface area (Å²) in [6.45, 7) is 1.09. The van der Waals surface area contributed by atoms with E-state index in [-0.39, 0.29) is 29.6 Å². The maximum atomic E-state index is 12.9. The molecule has 2 atom stereocenters. The summed E-state index contributed by atoms with van der Waals surface area (Å²) in [6, 6.07) is 14.7. The number of rotatable bonds is 3. The van der Waals surface area contributed by atoms with Crippen LogP contribution in [0.25, 0.3) is 0 Å².